The summed E-state index contributed by atoms with van der Waals surface area (Å²) in [7, 11) is 0. The van der Waals surface area contributed by atoms with E-state index in [-0.39, 0.29) is 16.4 Å². The second-order valence-electron chi connectivity index (χ2n) is 1.62. The van der Waals surface area contributed by atoms with Crippen molar-refractivity contribution in [2.24, 2.45) is 0 Å². The molecule has 0 aliphatic heterocycles. The van der Waals surface area contributed by atoms with Gasteiger partial charge in [-0.2, -0.15) is 0 Å². The van der Waals surface area contributed by atoms with E-state index >= 15 is 0 Å². The second-order valence-corrected chi connectivity index (χ2v) is 2.11. The number of carbonyl (C=O) groups excluding carboxylic acids is 1. The van der Waals surface area contributed by atoms with Crippen LogP contribution in [0.15, 0.2) is 35.6 Å². The number of carbonyl (C=O) groups is 1. The molecule has 0 rings (SSSR count). The Hall–Kier alpha value is -1.02. The van der Waals surface area contributed by atoms with Crippen LogP contribution in [0.3, 0.4) is 0 Å². The number of aliphatic hydroxyl groups excluding tert-OH is 1. The summed E-state index contributed by atoms with van der Waals surface area (Å²) in [5, 5.41) is 9.03. The van der Waals surface area contributed by atoms with Crippen LogP contribution in [0.4, 0.5) is 0 Å². The molecular weight excluding hydrogens is 152 g/mol. The van der Waals surface area contributed by atoms with Gasteiger partial charge in [-0.3, -0.25) is 4.79 Å². The van der Waals surface area contributed by atoms with Crippen molar-refractivity contribution in [3.63, 3.8) is 0 Å². The van der Waals surface area contributed by atoms with Crippen LogP contribution in [-0.4, -0.2) is 11.4 Å². The standard InChI is InChI=1S/C7H7ClO2/c1-5(4-9)7(10)3-6(2)8/h3-4,10H,1-2H2/b7-3+. The van der Waals surface area contributed by atoms with E-state index in [1.807, 2.05) is 0 Å². The molecule has 10 heavy (non-hydrogen) atoms. The Labute approximate surface area is 64.1 Å². The fourth-order valence-electron chi connectivity index (χ4n) is 0.301. The van der Waals surface area contributed by atoms with Gasteiger partial charge in [0.1, 0.15) is 5.76 Å². The molecule has 0 radical (unpaired) electrons. The Morgan fingerprint density at radius 3 is 2.30 bits per heavy atom. The van der Waals surface area contributed by atoms with Crippen LogP contribution in [0.1, 0.15) is 0 Å². The van der Waals surface area contributed by atoms with Crippen LogP contribution in [0.5, 0.6) is 0 Å². The lowest BCUT2D eigenvalue weighted by Crippen LogP contribution is -1.86. The van der Waals surface area contributed by atoms with Gasteiger partial charge in [-0.05, 0) is 6.08 Å². The zero-order chi connectivity index (χ0) is 8.15. The van der Waals surface area contributed by atoms with Crippen LogP contribution in [0, 0.1) is 0 Å². The van der Waals surface area contributed by atoms with Crippen LogP contribution in [0.25, 0.3) is 0 Å². The maximum atomic E-state index is 9.95. The highest BCUT2D eigenvalue weighted by Crippen LogP contribution is 2.06. The molecule has 0 aromatic rings. The van der Waals surface area contributed by atoms with Gasteiger partial charge in [-0.25, -0.2) is 0 Å². The summed E-state index contributed by atoms with van der Waals surface area (Å²) in [4.78, 5) is 9.95. The average Bonchev–Trinajstić information content (AvgIpc) is 1.85. The molecule has 3 heteroatoms. The van der Waals surface area contributed by atoms with Crippen LogP contribution in [0.2, 0.25) is 0 Å². The maximum absolute atomic E-state index is 9.95. The maximum Gasteiger partial charge on any atom is 0.153 e. The van der Waals surface area contributed by atoms with E-state index in [1.165, 1.54) is 0 Å². The Bertz CT molecular complexity index is 204. The van der Waals surface area contributed by atoms with E-state index < -0.39 is 0 Å². The van der Waals surface area contributed by atoms with Crippen LogP contribution >= 0.6 is 11.6 Å². The first kappa shape index (κ1) is 8.98. The predicted molar refractivity (Wildman–Crippen MR) is 40.9 cm³/mol. The van der Waals surface area contributed by atoms with Gasteiger partial charge in [0.15, 0.2) is 6.29 Å². The van der Waals surface area contributed by atoms with Crippen molar-refractivity contribution in [1.82, 2.24) is 0 Å². The van der Waals surface area contributed by atoms with Crippen molar-refractivity contribution in [3.05, 3.63) is 35.6 Å². The largest absolute Gasteiger partial charge is 0.507 e. The van der Waals surface area contributed by atoms with Gasteiger partial charge in [-0.15, -0.1) is 0 Å². The van der Waals surface area contributed by atoms with Gasteiger partial charge in [0.05, 0.1) is 0 Å². The van der Waals surface area contributed by atoms with Crippen LogP contribution in [-0.2, 0) is 4.79 Å². The lowest BCUT2D eigenvalue weighted by Gasteiger charge is -1.93. The smallest absolute Gasteiger partial charge is 0.153 e. The summed E-state index contributed by atoms with van der Waals surface area (Å²) in [6.45, 7) is 6.52. The molecule has 0 saturated carbocycles. The monoisotopic (exact) mass is 158 g/mol. The van der Waals surface area contributed by atoms with Gasteiger partial charge in [-0.1, -0.05) is 24.8 Å². The van der Waals surface area contributed by atoms with Crippen LogP contribution < -0.4 is 0 Å². The number of rotatable bonds is 3. The lowest BCUT2D eigenvalue weighted by molar-refractivity contribution is -0.104. The number of hydrogen-bond donors (Lipinski definition) is 1. The highest BCUT2D eigenvalue weighted by molar-refractivity contribution is 6.30. The zero-order valence-corrected chi connectivity index (χ0v) is 6.06. The van der Waals surface area contributed by atoms with Crippen molar-refractivity contribution >= 4 is 17.9 Å². The molecule has 0 unspecified atom stereocenters. The summed E-state index contributed by atoms with van der Waals surface area (Å²) in [6, 6.07) is 0. The van der Waals surface area contributed by atoms with E-state index in [1.54, 1.807) is 0 Å². The minimum Gasteiger partial charge on any atom is -0.507 e. The fraction of sp³-hybridized carbons (Fsp3) is 0. The lowest BCUT2D eigenvalue weighted by atomic mass is 10.2. The molecule has 0 aromatic heterocycles. The quantitative estimate of drug-likeness (QED) is 0.295. The molecule has 0 aliphatic carbocycles. The Morgan fingerprint density at radius 1 is 1.50 bits per heavy atom. The topological polar surface area (TPSA) is 37.3 Å². The van der Waals surface area contributed by atoms with Crippen molar-refractivity contribution in [1.29, 1.82) is 0 Å². The highest BCUT2D eigenvalue weighted by Gasteiger charge is 1.96. The van der Waals surface area contributed by atoms with Gasteiger partial charge in [0.2, 0.25) is 0 Å². The molecule has 0 spiro atoms. The first-order chi connectivity index (χ1) is 4.57. The minimum atomic E-state index is -0.255. The normalized spacial score (nSPS) is 10.7. The van der Waals surface area contributed by atoms with E-state index in [2.05, 4.69) is 13.2 Å². The van der Waals surface area contributed by atoms with Gasteiger partial charge < -0.3 is 5.11 Å². The third kappa shape index (κ3) is 3.10. The first-order valence-electron chi connectivity index (χ1n) is 2.47. The predicted octanol–water partition coefficient (Wildman–Crippen LogP) is 1.94. The number of allylic oxidation sites excluding steroid dienone is 3. The molecule has 0 fully saturated rings. The van der Waals surface area contributed by atoms with E-state index in [0.29, 0.717) is 6.29 Å². The molecule has 0 atom stereocenters. The number of hydrogen-bond acceptors (Lipinski definition) is 2. The third-order valence-corrected chi connectivity index (χ3v) is 0.874. The van der Waals surface area contributed by atoms with Crippen molar-refractivity contribution in [2.75, 3.05) is 0 Å². The molecule has 0 saturated heterocycles. The summed E-state index contributed by atoms with van der Waals surface area (Å²) >= 11 is 5.29. The fourth-order valence-corrected chi connectivity index (χ4v) is 0.405. The highest BCUT2D eigenvalue weighted by atomic mass is 35.5. The second kappa shape index (κ2) is 3.90. The van der Waals surface area contributed by atoms with Gasteiger partial charge >= 0.3 is 0 Å². The molecule has 54 valence electrons. The minimum absolute atomic E-state index is 0.0122. The number of aldehydes is 1. The average molecular weight is 159 g/mol. The number of halogens is 1. The Balaban J connectivity index is 4.33. The molecule has 0 bridgehead atoms. The van der Waals surface area contributed by atoms with E-state index in [9.17, 15) is 4.79 Å². The van der Waals surface area contributed by atoms with Gasteiger partial charge in [0, 0.05) is 10.6 Å². The molecule has 0 heterocycles. The molecule has 0 aromatic carbocycles. The molecule has 0 aliphatic rings. The van der Waals surface area contributed by atoms with Crippen molar-refractivity contribution < 1.29 is 9.90 Å². The molecule has 2 nitrogen and oxygen atoms in total. The number of aliphatic hydroxyl groups is 1. The SMILES string of the molecule is C=C(Cl)/C=C(/O)C(=C)C=O. The summed E-state index contributed by atoms with van der Waals surface area (Å²) in [5.41, 5.74) is -0.0122. The summed E-state index contributed by atoms with van der Waals surface area (Å²) in [5.74, 6) is -0.255. The molecular formula is C7H7ClO2. The summed E-state index contributed by atoms with van der Waals surface area (Å²) < 4.78 is 0. The van der Waals surface area contributed by atoms with Crippen molar-refractivity contribution in [2.45, 2.75) is 0 Å². The molecule has 0 amide bonds. The van der Waals surface area contributed by atoms with Crippen molar-refractivity contribution in [3.8, 4) is 0 Å². The Morgan fingerprint density at radius 2 is 2.00 bits per heavy atom. The third-order valence-electron chi connectivity index (χ3n) is 0.765. The van der Waals surface area contributed by atoms with E-state index in [0.717, 1.165) is 6.08 Å². The molecule has 1 N–H and O–H groups in total. The summed E-state index contributed by atoms with van der Waals surface area (Å²) in [6.07, 6.45) is 1.59. The first-order valence-corrected chi connectivity index (χ1v) is 2.85. The van der Waals surface area contributed by atoms with Gasteiger partial charge in [0.25, 0.3) is 0 Å². The van der Waals surface area contributed by atoms with E-state index in [4.69, 9.17) is 16.7 Å². The Kier molecular flexibility index (Phi) is 3.51. The zero-order valence-electron chi connectivity index (χ0n) is 5.30.